The van der Waals surface area contributed by atoms with Crippen LogP contribution in [0, 0.1) is 10.8 Å². The zero-order valence-corrected chi connectivity index (χ0v) is 16.6. The van der Waals surface area contributed by atoms with E-state index in [1.165, 1.54) is 5.57 Å². The zero-order chi connectivity index (χ0) is 18.0. The van der Waals surface area contributed by atoms with E-state index in [0.29, 0.717) is 0 Å². The van der Waals surface area contributed by atoms with Crippen molar-refractivity contribution in [3.8, 4) is 0 Å². The van der Waals surface area contributed by atoms with E-state index in [1.54, 1.807) is 0 Å². The third-order valence-corrected chi connectivity index (χ3v) is 6.39. The van der Waals surface area contributed by atoms with E-state index in [9.17, 15) is 0 Å². The Kier molecular flexibility index (Phi) is 5.76. The molecule has 0 aliphatic carbocycles. The Morgan fingerprint density at radius 1 is 1.29 bits per heavy atom. The van der Waals surface area contributed by atoms with Crippen LogP contribution in [0.2, 0.25) is 0 Å². The van der Waals surface area contributed by atoms with Gasteiger partial charge < -0.3 is 4.74 Å². The van der Waals surface area contributed by atoms with Gasteiger partial charge in [-0.05, 0) is 43.3 Å². The second-order valence-electron chi connectivity index (χ2n) is 8.60. The number of nitrogens with zero attached hydrogens (tertiary/aromatic N) is 1. The molecular weight excluding hydrogens is 296 g/mol. The van der Waals surface area contributed by atoms with Crippen molar-refractivity contribution in [2.45, 2.75) is 85.6 Å². The summed E-state index contributed by atoms with van der Waals surface area (Å²) in [5.74, 6) is 0. The smallest absolute Gasteiger partial charge is 0.118 e. The number of dihydropyridines is 1. The number of rotatable bonds is 4. The monoisotopic (exact) mass is 332 g/mol. The standard InChI is InChI=1S/C21H36N2O/c1-8-12-20(7,19(4,5)6)18-23-21(9-2,10-3)14-16-11-13-22-15-17(16)24-18/h8,11-13,17-18,23H,9-10,14-15H2,1-7H3/b12-8-. The Morgan fingerprint density at radius 3 is 2.50 bits per heavy atom. The summed E-state index contributed by atoms with van der Waals surface area (Å²) in [4.78, 5) is 4.46. The third kappa shape index (κ3) is 3.52. The van der Waals surface area contributed by atoms with E-state index < -0.39 is 0 Å². The van der Waals surface area contributed by atoms with Crippen LogP contribution in [0.1, 0.15) is 67.7 Å². The molecule has 3 atom stereocenters. The summed E-state index contributed by atoms with van der Waals surface area (Å²) in [6.45, 7) is 16.6. The number of allylic oxidation sites excluding steroid dienone is 2. The number of fused-ring (bicyclic) bond motifs is 1. The normalized spacial score (nSPS) is 29.7. The lowest BCUT2D eigenvalue weighted by Gasteiger charge is -2.48. The average Bonchev–Trinajstić information content (AvgIpc) is 2.71. The van der Waals surface area contributed by atoms with Gasteiger partial charge >= 0.3 is 0 Å². The Bertz CT molecular complexity index is 522. The summed E-state index contributed by atoms with van der Waals surface area (Å²) in [6.07, 6.45) is 11.9. The zero-order valence-electron chi connectivity index (χ0n) is 16.6. The van der Waals surface area contributed by atoms with Gasteiger partial charge in [0.25, 0.3) is 0 Å². The first-order valence-electron chi connectivity index (χ1n) is 9.47. The minimum absolute atomic E-state index is 0.0298. The Balaban J connectivity index is 2.48. The van der Waals surface area contributed by atoms with Crippen LogP contribution in [-0.2, 0) is 4.74 Å². The van der Waals surface area contributed by atoms with E-state index >= 15 is 0 Å². The molecule has 2 aliphatic heterocycles. The van der Waals surface area contributed by atoms with Crippen molar-refractivity contribution in [3.63, 3.8) is 0 Å². The number of nitrogens with one attached hydrogen (secondary N) is 1. The fourth-order valence-electron chi connectivity index (χ4n) is 3.82. The minimum Gasteiger partial charge on any atom is -0.353 e. The lowest BCUT2D eigenvalue weighted by Crippen LogP contribution is -2.58. The molecule has 24 heavy (non-hydrogen) atoms. The molecule has 1 saturated heterocycles. The fourth-order valence-corrected chi connectivity index (χ4v) is 3.82. The summed E-state index contributed by atoms with van der Waals surface area (Å²) in [6, 6.07) is 0. The van der Waals surface area contributed by atoms with E-state index in [2.05, 4.69) is 77.0 Å². The number of ether oxygens (including phenoxy) is 1. The SMILES string of the molecule is C/C=C\C(C)(C1NC(CC)(CC)CC2=CC=NCC2O1)C(C)(C)C. The molecule has 1 N–H and O–H groups in total. The van der Waals surface area contributed by atoms with Crippen molar-refractivity contribution in [2.75, 3.05) is 6.54 Å². The Morgan fingerprint density at radius 2 is 1.96 bits per heavy atom. The van der Waals surface area contributed by atoms with Crippen LogP contribution in [0.5, 0.6) is 0 Å². The molecule has 136 valence electrons. The van der Waals surface area contributed by atoms with Gasteiger partial charge in [-0.2, -0.15) is 0 Å². The summed E-state index contributed by atoms with van der Waals surface area (Å²) in [5.41, 5.74) is 1.45. The molecule has 3 heteroatoms. The fraction of sp³-hybridized carbons (Fsp3) is 0.762. The average molecular weight is 333 g/mol. The van der Waals surface area contributed by atoms with Gasteiger partial charge in [-0.25, -0.2) is 0 Å². The van der Waals surface area contributed by atoms with Crippen LogP contribution in [0.25, 0.3) is 0 Å². The summed E-state index contributed by atoms with van der Waals surface area (Å²) in [5, 5.41) is 3.95. The molecule has 2 aliphatic rings. The highest BCUT2D eigenvalue weighted by molar-refractivity contribution is 5.73. The number of aliphatic imine (C=N–C) groups is 1. The largest absolute Gasteiger partial charge is 0.353 e. The van der Waals surface area contributed by atoms with Crippen molar-refractivity contribution >= 4 is 6.21 Å². The first-order valence-corrected chi connectivity index (χ1v) is 9.47. The lowest BCUT2D eigenvalue weighted by atomic mass is 9.66. The van der Waals surface area contributed by atoms with Gasteiger partial charge in [0.05, 0.1) is 6.54 Å². The highest BCUT2D eigenvalue weighted by Gasteiger charge is 2.48. The Labute approximate surface area is 148 Å². The summed E-state index contributed by atoms with van der Waals surface area (Å²) < 4.78 is 6.67. The molecule has 2 rings (SSSR count). The van der Waals surface area contributed by atoms with Crippen LogP contribution in [0.15, 0.2) is 28.8 Å². The second-order valence-corrected chi connectivity index (χ2v) is 8.60. The molecule has 0 aromatic heterocycles. The highest BCUT2D eigenvalue weighted by Crippen LogP contribution is 2.46. The minimum atomic E-state index is -0.103. The molecule has 0 spiro atoms. The van der Waals surface area contributed by atoms with Gasteiger partial charge in [0.2, 0.25) is 0 Å². The maximum Gasteiger partial charge on any atom is 0.118 e. The summed E-state index contributed by atoms with van der Waals surface area (Å²) in [7, 11) is 0. The molecule has 0 aromatic carbocycles. The van der Waals surface area contributed by atoms with Gasteiger partial charge in [0, 0.05) is 17.2 Å². The molecule has 0 radical (unpaired) electrons. The van der Waals surface area contributed by atoms with Gasteiger partial charge in [0.1, 0.15) is 12.3 Å². The first kappa shape index (κ1) is 19.4. The number of hydrogen-bond acceptors (Lipinski definition) is 3. The predicted molar refractivity (Wildman–Crippen MR) is 104 cm³/mol. The van der Waals surface area contributed by atoms with E-state index in [4.69, 9.17) is 4.74 Å². The number of hydrogen-bond donors (Lipinski definition) is 1. The van der Waals surface area contributed by atoms with E-state index in [1.807, 2.05) is 6.21 Å². The molecular formula is C21H36N2O. The van der Waals surface area contributed by atoms with Gasteiger partial charge in [-0.3, -0.25) is 10.3 Å². The Hall–Kier alpha value is -0.930. The lowest BCUT2D eigenvalue weighted by molar-refractivity contribution is -0.103. The van der Waals surface area contributed by atoms with Crippen LogP contribution in [0.3, 0.4) is 0 Å². The van der Waals surface area contributed by atoms with Crippen molar-refractivity contribution in [2.24, 2.45) is 15.8 Å². The van der Waals surface area contributed by atoms with Crippen molar-refractivity contribution in [1.82, 2.24) is 5.32 Å². The van der Waals surface area contributed by atoms with Crippen molar-refractivity contribution < 1.29 is 4.74 Å². The highest BCUT2D eigenvalue weighted by atomic mass is 16.5. The van der Waals surface area contributed by atoms with E-state index in [0.717, 1.165) is 25.8 Å². The maximum absolute atomic E-state index is 6.67. The second kappa shape index (κ2) is 7.13. The van der Waals surface area contributed by atoms with Crippen LogP contribution in [0.4, 0.5) is 0 Å². The van der Waals surface area contributed by atoms with Gasteiger partial charge in [-0.15, -0.1) is 0 Å². The molecule has 0 aromatic rings. The molecule has 0 saturated carbocycles. The summed E-state index contributed by atoms with van der Waals surface area (Å²) >= 11 is 0. The quantitative estimate of drug-likeness (QED) is 0.744. The molecule has 3 unspecified atom stereocenters. The molecule has 3 nitrogen and oxygen atoms in total. The third-order valence-electron chi connectivity index (χ3n) is 6.39. The molecule has 1 fully saturated rings. The van der Waals surface area contributed by atoms with E-state index in [-0.39, 0.29) is 28.7 Å². The van der Waals surface area contributed by atoms with Crippen molar-refractivity contribution in [3.05, 3.63) is 23.8 Å². The maximum atomic E-state index is 6.67. The molecule has 2 heterocycles. The topological polar surface area (TPSA) is 33.6 Å². The molecule has 0 amide bonds. The predicted octanol–water partition coefficient (Wildman–Crippen LogP) is 4.89. The van der Waals surface area contributed by atoms with Crippen LogP contribution >= 0.6 is 0 Å². The van der Waals surface area contributed by atoms with Crippen LogP contribution < -0.4 is 5.32 Å². The van der Waals surface area contributed by atoms with Gasteiger partial charge in [0.15, 0.2) is 0 Å². The molecule has 0 bridgehead atoms. The van der Waals surface area contributed by atoms with Crippen molar-refractivity contribution in [1.29, 1.82) is 0 Å². The van der Waals surface area contributed by atoms with Gasteiger partial charge in [-0.1, -0.05) is 53.7 Å². The first-order chi connectivity index (χ1) is 11.2. The van der Waals surface area contributed by atoms with Crippen LogP contribution in [-0.4, -0.2) is 30.6 Å².